The molecule has 2 amide bonds. The van der Waals surface area contributed by atoms with Crippen molar-refractivity contribution < 1.29 is 4.79 Å². The van der Waals surface area contributed by atoms with Gasteiger partial charge in [-0.1, -0.05) is 42.6 Å². The molecule has 2 N–H and O–H groups in total. The lowest BCUT2D eigenvalue weighted by Crippen LogP contribution is -2.32. The maximum Gasteiger partial charge on any atom is 0.319 e. The van der Waals surface area contributed by atoms with Crippen molar-refractivity contribution in [2.75, 3.05) is 5.32 Å². The first-order valence-corrected chi connectivity index (χ1v) is 9.80. The van der Waals surface area contributed by atoms with Gasteiger partial charge in [-0.25, -0.2) is 9.48 Å². The van der Waals surface area contributed by atoms with Gasteiger partial charge in [-0.05, 0) is 43.2 Å². The molecule has 1 heterocycles. The lowest BCUT2D eigenvalue weighted by molar-refractivity contribution is 0.251. The molecule has 144 valence electrons. The van der Waals surface area contributed by atoms with E-state index in [0.29, 0.717) is 21.8 Å². The number of hydrogen-bond acceptors (Lipinski definition) is 3. The molecule has 7 heteroatoms. The number of nitrogens with zero attached hydrogens (tertiary/aromatic N) is 2. The molecule has 0 bridgehead atoms. The van der Waals surface area contributed by atoms with Crippen LogP contribution in [0.5, 0.6) is 0 Å². The van der Waals surface area contributed by atoms with Gasteiger partial charge in [0, 0.05) is 16.1 Å². The van der Waals surface area contributed by atoms with Gasteiger partial charge >= 0.3 is 6.03 Å². The van der Waals surface area contributed by atoms with E-state index in [0.717, 1.165) is 31.1 Å². The summed E-state index contributed by atoms with van der Waals surface area (Å²) in [5.74, 6) is 0. The number of amides is 2. The summed E-state index contributed by atoms with van der Waals surface area (Å²) in [4.78, 5) is 25.1. The first kappa shape index (κ1) is 18.5. The molecule has 6 nitrogen and oxygen atoms in total. The number of carbonyl (C=O) groups excluding carboxylic acids is 1. The molecule has 0 unspecified atom stereocenters. The fourth-order valence-electron chi connectivity index (χ4n) is 3.67. The number of rotatable bonds is 4. The van der Waals surface area contributed by atoms with Crippen LogP contribution in [0, 0.1) is 0 Å². The van der Waals surface area contributed by atoms with Gasteiger partial charge < -0.3 is 10.6 Å². The van der Waals surface area contributed by atoms with Gasteiger partial charge in [0.05, 0.1) is 23.7 Å². The number of fused-ring (bicyclic) bond motifs is 1. The summed E-state index contributed by atoms with van der Waals surface area (Å²) in [6.07, 6.45) is 4.16. The van der Waals surface area contributed by atoms with Gasteiger partial charge in [0.1, 0.15) is 0 Å². The van der Waals surface area contributed by atoms with Gasteiger partial charge in [-0.15, -0.1) is 0 Å². The van der Waals surface area contributed by atoms with Gasteiger partial charge in [-0.3, -0.25) is 4.79 Å². The van der Waals surface area contributed by atoms with Crippen LogP contribution < -0.4 is 16.2 Å². The van der Waals surface area contributed by atoms with E-state index in [1.807, 2.05) is 24.3 Å². The Bertz CT molecular complexity index is 1060. The van der Waals surface area contributed by atoms with Crippen LogP contribution in [0.4, 0.5) is 10.5 Å². The van der Waals surface area contributed by atoms with E-state index in [9.17, 15) is 9.59 Å². The zero-order valence-electron chi connectivity index (χ0n) is 15.3. The Morgan fingerprint density at radius 2 is 1.75 bits per heavy atom. The zero-order chi connectivity index (χ0) is 19.5. The van der Waals surface area contributed by atoms with Crippen LogP contribution in [0.25, 0.3) is 10.8 Å². The summed E-state index contributed by atoms with van der Waals surface area (Å²) in [7, 11) is 0. The Balaban J connectivity index is 1.57. The van der Waals surface area contributed by atoms with Crippen LogP contribution in [-0.4, -0.2) is 15.8 Å². The lowest BCUT2D eigenvalue weighted by Gasteiger charge is -2.16. The highest BCUT2D eigenvalue weighted by atomic mass is 35.5. The Kier molecular flexibility index (Phi) is 5.30. The van der Waals surface area contributed by atoms with E-state index < -0.39 is 0 Å². The van der Waals surface area contributed by atoms with Gasteiger partial charge in [0.15, 0.2) is 0 Å². The van der Waals surface area contributed by atoms with Crippen LogP contribution in [0.2, 0.25) is 5.02 Å². The average Bonchev–Trinajstić information content (AvgIpc) is 3.24. The fraction of sp³-hybridized carbons (Fsp3) is 0.286. The molecule has 0 atom stereocenters. The molecule has 0 spiro atoms. The largest absolute Gasteiger partial charge is 0.332 e. The summed E-state index contributed by atoms with van der Waals surface area (Å²) in [6, 6.07) is 14.1. The Labute approximate surface area is 167 Å². The van der Waals surface area contributed by atoms with Crippen molar-refractivity contribution in [2.45, 2.75) is 38.3 Å². The molecule has 0 saturated heterocycles. The Hall–Kier alpha value is -2.86. The highest BCUT2D eigenvalue weighted by molar-refractivity contribution is 6.30. The first-order chi connectivity index (χ1) is 13.6. The fourth-order valence-corrected chi connectivity index (χ4v) is 3.80. The smallest absolute Gasteiger partial charge is 0.319 e. The van der Waals surface area contributed by atoms with Crippen LogP contribution >= 0.6 is 11.6 Å². The number of nitrogens with one attached hydrogen (secondary N) is 2. The van der Waals surface area contributed by atoms with E-state index in [1.54, 1.807) is 28.9 Å². The summed E-state index contributed by atoms with van der Waals surface area (Å²) >= 11 is 5.86. The summed E-state index contributed by atoms with van der Waals surface area (Å²) < 4.78 is 1.61. The minimum atomic E-state index is -0.341. The van der Waals surface area contributed by atoms with E-state index >= 15 is 0 Å². The highest BCUT2D eigenvalue weighted by Gasteiger charge is 2.21. The van der Waals surface area contributed by atoms with Crippen molar-refractivity contribution in [1.29, 1.82) is 0 Å². The monoisotopic (exact) mass is 396 g/mol. The van der Waals surface area contributed by atoms with Crippen LogP contribution in [-0.2, 0) is 6.54 Å². The predicted octanol–water partition coefficient (Wildman–Crippen LogP) is 4.49. The molecule has 4 rings (SSSR count). The molecule has 1 aliphatic carbocycles. The third kappa shape index (κ3) is 3.87. The molecular formula is C21H21ClN4O2. The highest BCUT2D eigenvalue weighted by Crippen LogP contribution is 2.28. The molecule has 1 aromatic heterocycles. The first-order valence-electron chi connectivity index (χ1n) is 9.42. The van der Waals surface area contributed by atoms with E-state index in [2.05, 4.69) is 15.7 Å². The average molecular weight is 397 g/mol. The molecule has 0 aliphatic heterocycles. The summed E-state index contributed by atoms with van der Waals surface area (Å²) in [5.41, 5.74) is 1.28. The minimum absolute atomic E-state index is 0.0585. The van der Waals surface area contributed by atoms with E-state index in [1.165, 1.54) is 0 Å². The van der Waals surface area contributed by atoms with Gasteiger partial charge in [-0.2, -0.15) is 5.10 Å². The number of anilines is 1. The minimum Gasteiger partial charge on any atom is -0.332 e. The van der Waals surface area contributed by atoms with Crippen molar-refractivity contribution in [2.24, 2.45) is 0 Å². The molecular weight excluding hydrogens is 376 g/mol. The second kappa shape index (κ2) is 8.02. The molecule has 28 heavy (non-hydrogen) atoms. The maximum absolute atomic E-state index is 12.9. The second-order valence-corrected chi connectivity index (χ2v) is 7.43. The topological polar surface area (TPSA) is 76.0 Å². The molecule has 3 aromatic rings. The maximum atomic E-state index is 12.9. The quantitative estimate of drug-likeness (QED) is 0.682. The lowest BCUT2D eigenvalue weighted by atomic mass is 10.1. The van der Waals surface area contributed by atoms with Crippen LogP contribution in [0.15, 0.2) is 53.3 Å². The molecule has 1 aliphatic rings. The zero-order valence-corrected chi connectivity index (χ0v) is 16.1. The van der Waals surface area contributed by atoms with Crippen LogP contribution in [0.3, 0.4) is 0 Å². The van der Waals surface area contributed by atoms with Crippen LogP contribution in [0.1, 0.15) is 37.4 Å². The number of benzene rings is 2. The van der Waals surface area contributed by atoms with Crippen molar-refractivity contribution in [3.8, 4) is 0 Å². The SMILES string of the molecule is O=C(NCc1nn(C2CCCC2)c(=O)c2ccccc12)Nc1ccc(Cl)cc1. The summed E-state index contributed by atoms with van der Waals surface area (Å²) in [5, 5.41) is 12.2. The Morgan fingerprint density at radius 3 is 2.46 bits per heavy atom. The van der Waals surface area contributed by atoms with Gasteiger partial charge in [0.25, 0.3) is 5.56 Å². The number of urea groups is 1. The second-order valence-electron chi connectivity index (χ2n) is 6.99. The molecule has 2 aromatic carbocycles. The number of carbonyl (C=O) groups is 1. The molecule has 1 fully saturated rings. The molecule has 1 saturated carbocycles. The summed E-state index contributed by atoms with van der Waals surface area (Å²) in [6.45, 7) is 0.229. The van der Waals surface area contributed by atoms with Crippen molar-refractivity contribution in [1.82, 2.24) is 15.1 Å². The van der Waals surface area contributed by atoms with Crippen molar-refractivity contribution in [3.05, 3.63) is 69.6 Å². The third-order valence-corrected chi connectivity index (χ3v) is 5.35. The van der Waals surface area contributed by atoms with E-state index in [4.69, 9.17) is 11.6 Å². The molecule has 0 radical (unpaired) electrons. The number of aromatic nitrogens is 2. The normalized spacial score (nSPS) is 14.3. The van der Waals surface area contributed by atoms with Crippen molar-refractivity contribution >= 4 is 34.1 Å². The number of hydrogen-bond donors (Lipinski definition) is 2. The van der Waals surface area contributed by atoms with E-state index in [-0.39, 0.29) is 24.2 Å². The van der Waals surface area contributed by atoms with Gasteiger partial charge in [0.2, 0.25) is 0 Å². The van der Waals surface area contributed by atoms with Crippen molar-refractivity contribution in [3.63, 3.8) is 0 Å². The number of halogens is 1. The predicted molar refractivity (Wildman–Crippen MR) is 111 cm³/mol. The Morgan fingerprint density at radius 1 is 1.07 bits per heavy atom. The third-order valence-electron chi connectivity index (χ3n) is 5.09. The standard InChI is InChI=1S/C21H21ClN4O2/c22-14-9-11-15(12-10-14)24-21(28)23-13-19-17-7-3-4-8-18(17)20(27)26(25-19)16-5-1-2-6-16/h3-4,7-12,16H,1-2,5-6,13H2,(H2,23,24,28).